The van der Waals surface area contributed by atoms with E-state index in [2.05, 4.69) is 5.32 Å². The van der Waals surface area contributed by atoms with Crippen molar-refractivity contribution in [2.45, 2.75) is 19.9 Å². The molecule has 0 aliphatic carbocycles. The summed E-state index contributed by atoms with van der Waals surface area (Å²) in [6.07, 6.45) is 0. The number of hydrogen-bond acceptors (Lipinski definition) is 3. The number of carbonyl (C=O) groups excluding carboxylic acids is 3. The topological polar surface area (TPSA) is 66.5 Å². The number of carbonyl (C=O) groups is 3. The predicted molar refractivity (Wildman–Crippen MR) is 70.1 cm³/mol. The van der Waals surface area contributed by atoms with Crippen LogP contribution in [0.25, 0.3) is 0 Å². The van der Waals surface area contributed by atoms with Gasteiger partial charge in [0.1, 0.15) is 6.54 Å². The zero-order valence-corrected chi connectivity index (χ0v) is 11.3. The molecule has 1 heterocycles. The first-order valence-corrected chi connectivity index (χ1v) is 6.23. The van der Waals surface area contributed by atoms with Crippen LogP contribution in [0.1, 0.15) is 34.6 Å². The van der Waals surface area contributed by atoms with Gasteiger partial charge in [-0.2, -0.15) is 0 Å². The molecule has 1 N–H and O–H groups in total. The first-order chi connectivity index (χ1) is 8.90. The third kappa shape index (κ3) is 2.61. The summed E-state index contributed by atoms with van der Waals surface area (Å²) < 4.78 is 0. The Hall–Kier alpha value is -1.88. The van der Waals surface area contributed by atoms with Gasteiger partial charge in [-0.15, -0.1) is 0 Å². The highest BCUT2D eigenvalue weighted by Gasteiger charge is 2.36. The molecule has 5 nitrogen and oxygen atoms in total. The minimum atomic E-state index is -0.485. The molecule has 0 saturated heterocycles. The summed E-state index contributed by atoms with van der Waals surface area (Å²) in [5.74, 6) is -1.31. The number of fused-ring (bicyclic) bond motifs is 1. The first kappa shape index (κ1) is 13.5. The van der Waals surface area contributed by atoms with E-state index in [1.807, 2.05) is 0 Å². The van der Waals surface area contributed by atoms with E-state index < -0.39 is 11.8 Å². The van der Waals surface area contributed by atoms with Crippen molar-refractivity contribution in [3.63, 3.8) is 0 Å². The monoisotopic (exact) mass is 280 g/mol. The smallest absolute Gasteiger partial charge is 0.262 e. The predicted octanol–water partition coefficient (Wildman–Crippen LogP) is 1.46. The number of nitrogens with one attached hydrogen (secondary N) is 1. The summed E-state index contributed by atoms with van der Waals surface area (Å²) in [6, 6.07) is 4.44. The van der Waals surface area contributed by atoms with Gasteiger partial charge in [-0.1, -0.05) is 11.6 Å². The molecule has 6 heteroatoms. The van der Waals surface area contributed by atoms with Gasteiger partial charge in [0.15, 0.2) is 0 Å². The summed E-state index contributed by atoms with van der Waals surface area (Å²) in [6.45, 7) is 3.34. The van der Waals surface area contributed by atoms with Gasteiger partial charge in [0.05, 0.1) is 11.1 Å². The fraction of sp³-hybridized carbons (Fsp3) is 0.308. The summed E-state index contributed by atoms with van der Waals surface area (Å²) in [5.41, 5.74) is 0.529. The Morgan fingerprint density at radius 2 is 1.89 bits per heavy atom. The number of nitrogens with zero attached hydrogens (tertiary/aromatic N) is 1. The molecule has 0 spiro atoms. The lowest BCUT2D eigenvalue weighted by molar-refractivity contribution is -0.121. The van der Waals surface area contributed by atoms with E-state index in [1.54, 1.807) is 19.9 Å². The van der Waals surface area contributed by atoms with Crippen LogP contribution in [-0.4, -0.2) is 35.2 Å². The highest BCUT2D eigenvalue weighted by Crippen LogP contribution is 2.25. The Balaban J connectivity index is 2.21. The minimum absolute atomic E-state index is 0.0443. The van der Waals surface area contributed by atoms with E-state index in [9.17, 15) is 14.4 Å². The third-order valence-electron chi connectivity index (χ3n) is 2.68. The average molecular weight is 281 g/mol. The molecular weight excluding hydrogens is 268 g/mol. The summed E-state index contributed by atoms with van der Waals surface area (Å²) >= 11 is 5.80. The highest BCUT2D eigenvalue weighted by molar-refractivity contribution is 6.32. The molecule has 2 rings (SSSR count). The van der Waals surface area contributed by atoms with Gasteiger partial charge in [0, 0.05) is 11.1 Å². The standard InChI is InChI=1S/C13H13ClN2O3/c1-7(2)15-11(17)6-16-12(18)9-4-3-8(14)5-10(9)13(16)19/h3-5,7H,6H2,1-2H3,(H,15,17). The Morgan fingerprint density at radius 3 is 2.53 bits per heavy atom. The van der Waals surface area contributed by atoms with Gasteiger partial charge in [-0.3, -0.25) is 19.3 Å². The molecule has 0 saturated carbocycles. The number of benzene rings is 1. The maximum Gasteiger partial charge on any atom is 0.262 e. The second-order valence-electron chi connectivity index (χ2n) is 4.61. The molecule has 0 atom stereocenters. The molecule has 1 aliphatic rings. The van der Waals surface area contributed by atoms with Crippen LogP contribution in [0.4, 0.5) is 0 Å². The lowest BCUT2D eigenvalue weighted by Gasteiger charge is -2.14. The van der Waals surface area contributed by atoms with Crippen LogP contribution in [0.3, 0.4) is 0 Å². The highest BCUT2D eigenvalue weighted by atomic mass is 35.5. The fourth-order valence-corrected chi connectivity index (χ4v) is 2.09. The number of amides is 3. The Bertz CT molecular complexity index is 569. The van der Waals surface area contributed by atoms with Crippen LogP contribution in [-0.2, 0) is 4.79 Å². The Morgan fingerprint density at radius 1 is 1.26 bits per heavy atom. The van der Waals surface area contributed by atoms with Crippen LogP contribution >= 0.6 is 11.6 Å². The van der Waals surface area contributed by atoms with Crippen molar-refractivity contribution >= 4 is 29.3 Å². The van der Waals surface area contributed by atoms with E-state index in [4.69, 9.17) is 11.6 Å². The maximum atomic E-state index is 12.0. The van der Waals surface area contributed by atoms with Gasteiger partial charge >= 0.3 is 0 Å². The zero-order valence-electron chi connectivity index (χ0n) is 10.6. The molecule has 0 bridgehead atoms. The van der Waals surface area contributed by atoms with Crippen LogP contribution in [0.2, 0.25) is 5.02 Å². The molecule has 0 radical (unpaired) electrons. The quantitative estimate of drug-likeness (QED) is 0.853. The van der Waals surface area contributed by atoms with Gasteiger partial charge in [-0.05, 0) is 32.0 Å². The minimum Gasteiger partial charge on any atom is -0.352 e. The number of rotatable bonds is 3. The van der Waals surface area contributed by atoms with E-state index in [0.29, 0.717) is 5.02 Å². The second-order valence-corrected chi connectivity index (χ2v) is 5.05. The van der Waals surface area contributed by atoms with Crippen molar-refractivity contribution in [3.05, 3.63) is 34.3 Å². The van der Waals surface area contributed by atoms with Crippen molar-refractivity contribution in [2.75, 3.05) is 6.54 Å². The first-order valence-electron chi connectivity index (χ1n) is 5.85. The fourth-order valence-electron chi connectivity index (χ4n) is 1.92. The molecule has 0 fully saturated rings. The second kappa shape index (κ2) is 5.01. The summed E-state index contributed by atoms with van der Waals surface area (Å²) in [7, 11) is 0. The van der Waals surface area contributed by atoms with Crippen molar-refractivity contribution in [3.8, 4) is 0 Å². The molecule has 0 aromatic heterocycles. The molecule has 1 aliphatic heterocycles. The van der Waals surface area contributed by atoms with Crippen LogP contribution in [0.15, 0.2) is 18.2 Å². The van der Waals surface area contributed by atoms with Crippen LogP contribution in [0.5, 0.6) is 0 Å². The van der Waals surface area contributed by atoms with Gasteiger partial charge in [-0.25, -0.2) is 0 Å². The summed E-state index contributed by atoms with van der Waals surface area (Å²) in [5, 5.41) is 3.02. The number of hydrogen-bond donors (Lipinski definition) is 1. The van der Waals surface area contributed by atoms with Gasteiger partial charge in [0.2, 0.25) is 5.91 Å². The number of imide groups is 1. The Labute approximate surface area is 115 Å². The van der Waals surface area contributed by atoms with Crippen molar-refractivity contribution in [1.29, 1.82) is 0 Å². The maximum absolute atomic E-state index is 12.0. The molecule has 1 aromatic rings. The molecule has 3 amide bonds. The molecule has 100 valence electrons. The van der Waals surface area contributed by atoms with E-state index >= 15 is 0 Å². The largest absolute Gasteiger partial charge is 0.352 e. The van der Waals surface area contributed by atoms with Gasteiger partial charge < -0.3 is 5.32 Å². The Kier molecular flexibility index (Phi) is 3.57. The normalized spacial score (nSPS) is 14.0. The third-order valence-corrected chi connectivity index (χ3v) is 2.92. The number of halogens is 1. The lowest BCUT2D eigenvalue weighted by atomic mass is 10.1. The van der Waals surface area contributed by atoms with Crippen molar-refractivity contribution in [1.82, 2.24) is 10.2 Å². The van der Waals surface area contributed by atoms with Gasteiger partial charge in [0.25, 0.3) is 11.8 Å². The van der Waals surface area contributed by atoms with E-state index in [-0.39, 0.29) is 29.6 Å². The lowest BCUT2D eigenvalue weighted by Crippen LogP contribution is -2.42. The van der Waals surface area contributed by atoms with Crippen LogP contribution < -0.4 is 5.32 Å². The van der Waals surface area contributed by atoms with Crippen LogP contribution in [0, 0.1) is 0 Å². The molecular formula is C13H13ClN2O3. The van der Waals surface area contributed by atoms with Crippen molar-refractivity contribution < 1.29 is 14.4 Å². The zero-order chi connectivity index (χ0) is 14.2. The van der Waals surface area contributed by atoms with E-state index in [1.165, 1.54) is 12.1 Å². The van der Waals surface area contributed by atoms with Crippen molar-refractivity contribution in [2.24, 2.45) is 0 Å². The SMILES string of the molecule is CC(C)NC(=O)CN1C(=O)c2ccc(Cl)cc2C1=O. The van der Waals surface area contributed by atoms with E-state index in [0.717, 1.165) is 4.90 Å². The molecule has 1 aromatic carbocycles. The average Bonchev–Trinajstić information content (AvgIpc) is 2.53. The molecule has 19 heavy (non-hydrogen) atoms. The molecule has 0 unspecified atom stereocenters. The summed E-state index contributed by atoms with van der Waals surface area (Å²) in [4.78, 5) is 36.6.